The normalized spacial score (nSPS) is 11.0. The van der Waals surface area contributed by atoms with E-state index in [1.807, 2.05) is 0 Å². The Balaban J connectivity index is 3.40. The minimum atomic E-state index is -4.36. The van der Waals surface area contributed by atoms with Gasteiger partial charge in [-0.1, -0.05) is 0 Å². The highest BCUT2D eigenvalue weighted by molar-refractivity contribution is 7.86. The minimum absolute atomic E-state index is 0.133. The fraction of sp³-hybridized carbons (Fsp3) is 0.125. The van der Waals surface area contributed by atoms with E-state index in [9.17, 15) is 13.2 Å². The first-order valence-corrected chi connectivity index (χ1v) is 5.03. The van der Waals surface area contributed by atoms with Gasteiger partial charge in [-0.05, 0) is 18.2 Å². The summed E-state index contributed by atoms with van der Waals surface area (Å²) in [5, 5.41) is 0. The topological polar surface area (TPSA) is 80.7 Å². The third kappa shape index (κ3) is 2.09. The number of methoxy groups -OCH3 is 1. The number of carbonyl (C=O) groups is 1. The average molecular weight is 216 g/mol. The van der Waals surface area contributed by atoms with Crippen LogP contribution in [0.2, 0.25) is 0 Å². The first kappa shape index (κ1) is 10.7. The average Bonchev–Trinajstić information content (AvgIpc) is 2.15. The molecule has 1 aromatic rings. The summed E-state index contributed by atoms with van der Waals surface area (Å²) in [5.41, 5.74) is -0.133. The van der Waals surface area contributed by atoms with Gasteiger partial charge in [-0.2, -0.15) is 8.42 Å². The van der Waals surface area contributed by atoms with E-state index in [-0.39, 0.29) is 5.56 Å². The van der Waals surface area contributed by atoms with Crippen LogP contribution in [0, 0.1) is 0 Å². The van der Waals surface area contributed by atoms with E-state index in [0.717, 1.165) is 6.07 Å². The number of hydrogen-bond acceptors (Lipinski definition) is 4. The summed E-state index contributed by atoms with van der Waals surface area (Å²) in [4.78, 5) is 10.1. The number of benzene rings is 1. The van der Waals surface area contributed by atoms with E-state index in [1.54, 1.807) is 0 Å². The number of hydrogen-bond donors (Lipinski definition) is 1. The van der Waals surface area contributed by atoms with Crippen molar-refractivity contribution in [2.45, 2.75) is 4.90 Å². The number of ether oxygens (including phenoxy) is 1. The second-order valence-electron chi connectivity index (χ2n) is 2.50. The predicted octanol–water partition coefficient (Wildman–Crippen LogP) is 0.754. The summed E-state index contributed by atoms with van der Waals surface area (Å²) in [6.45, 7) is 0. The van der Waals surface area contributed by atoms with Gasteiger partial charge >= 0.3 is 0 Å². The molecule has 0 bridgehead atoms. The summed E-state index contributed by atoms with van der Waals surface area (Å²) in [5.74, 6) is 0.347. The maximum Gasteiger partial charge on any atom is 0.295 e. The SMILES string of the molecule is COc1ccc(S(=O)(=O)O)c(C=O)c1. The van der Waals surface area contributed by atoms with Crippen molar-refractivity contribution in [3.8, 4) is 5.75 Å². The number of carbonyl (C=O) groups excluding carboxylic acids is 1. The minimum Gasteiger partial charge on any atom is -0.497 e. The smallest absolute Gasteiger partial charge is 0.295 e. The molecule has 0 fully saturated rings. The van der Waals surface area contributed by atoms with E-state index >= 15 is 0 Å². The Morgan fingerprint density at radius 3 is 2.50 bits per heavy atom. The highest BCUT2D eigenvalue weighted by atomic mass is 32.2. The molecule has 0 spiro atoms. The molecule has 0 aliphatic heterocycles. The fourth-order valence-corrected chi connectivity index (χ4v) is 1.63. The van der Waals surface area contributed by atoms with Crippen LogP contribution in [0.3, 0.4) is 0 Å². The van der Waals surface area contributed by atoms with Crippen LogP contribution < -0.4 is 4.74 Å². The van der Waals surface area contributed by atoms with Crippen LogP contribution in [0.25, 0.3) is 0 Å². The summed E-state index contributed by atoms with van der Waals surface area (Å²) in [6.07, 6.45) is 0.339. The second-order valence-corrected chi connectivity index (χ2v) is 3.89. The molecule has 76 valence electrons. The van der Waals surface area contributed by atoms with Crippen molar-refractivity contribution >= 4 is 16.4 Å². The van der Waals surface area contributed by atoms with Gasteiger partial charge in [0.2, 0.25) is 0 Å². The highest BCUT2D eigenvalue weighted by Gasteiger charge is 2.15. The molecular formula is C8H8O5S. The first-order valence-electron chi connectivity index (χ1n) is 3.59. The highest BCUT2D eigenvalue weighted by Crippen LogP contribution is 2.19. The van der Waals surface area contributed by atoms with Gasteiger partial charge < -0.3 is 4.74 Å². The van der Waals surface area contributed by atoms with Crippen molar-refractivity contribution in [2.75, 3.05) is 7.11 Å². The van der Waals surface area contributed by atoms with Gasteiger partial charge in [-0.15, -0.1) is 0 Å². The van der Waals surface area contributed by atoms with Crippen molar-refractivity contribution in [1.82, 2.24) is 0 Å². The van der Waals surface area contributed by atoms with Gasteiger partial charge in [0, 0.05) is 5.56 Å². The lowest BCUT2D eigenvalue weighted by atomic mass is 10.2. The summed E-state index contributed by atoms with van der Waals surface area (Å²) < 4.78 is 35.1. The first-order chi connectivity index (χ1) is 6.49. The predicted molar refractivity (Wildman–Crippen MR) is 48.2 cm³/mol. The lowest BCUT2D eigenvalue weighted by Crippen LogP contribution is -2.02. The molecule has 0 saturated heterocycles. The molecule has 0 aliphatic rings. The van der Waals surface area contributed by atoms with Crippen LogP contribution in [0.1, 0.15) is 10.4 Å². The number of rotatable bonds is 3. The molecule has 0 radical (unpaired) electrons. The van der Waals surface area contributed by atoms with E-state index in [0.29, 0.717) is 12.0 Å². The second kappa shape index (κ2) is 3.77. The zero-order valence-corrected chi connectivity index (χ0v) is 8.11. The van der Waals surface area contributed by atoms with Crippen LogP contribution >= 0.6 is 0 Å². The van der Waals surface area contributed by atoms with Crippen molar-refractivity contribution in [3.05, 3.63) is 23.8 Å². The fourth-order valence-electron chi connectivity index (χ4n) is 0.981. The lowest BCUT2D eigenvalue weighted by Gasteiger charge is -2.03. The Hall–Kier alpha value is -1.40. The maximum absolute atomic E-state index is 10.8. The molecule has 0 amide bonds. The Labute approximate surface area is 81.1 Å². The third-order valence-electron chi connectivity index (χ3n) is 1.62. The largest absolute Gasteiger partial charge is 0.497 e. The van der Waals surface area contributed by atoms with Gasteiger partial charge in [0.1, 0.15) is 10.6 Å². The van der Waals surface area contributed by atoms with Crippen molar-refractivity contribution < 1.29 is 22.5 Å². The molecule has 0 aromatic heterocycles. The summed E-state index contributed by atoms with van der Waals surface area (Å²) in [7, 11) is -2.97. The summed E-state index contributed by atoms with van der Waals surface area (Å²) in [6, 6.07) is 3.68. The number of aldehydes is 1. The zero-order valence-electron chi connectivity index (χ0n) is 7.30. The Morgan fingerprint density at radius 2 is 2.07 bits per heavy atom. The quantitative estimate of drug-likeness (QED) is 0.595. The van der Waals surface area contributed by atoms with Gasteiger partial charge in [-0.3, -0.25) is 9.35 Å². The molecular weight excluding hydrogens is 208 g/mol. The molecule has 0 aliphatic carbocycles. The molecule has 0 heterocycles. The monoisotopic (exact) mass is 216 g/mol. The van der Waals surface area contributed by atoms with E-state index in [1.165, 1.54) is 19.2 Å². The molecule has 0 atom stereocenters. The Morgan fingerprint density at radius 1 is 1.43 bits per heavy atom. The molecule has 6 heteroatoms. The van der Waals surface area contributed by atoms with Gasteiger partial charge in [0.15, 0.2) is 6.29 Å². The molecule has 1 rings (SSSR count). The Kier molecular flexibility index (Phi) is 2.87. The zero-order chi connectivity index (χ0) is 10.8. The van der Waals surface area contributed by atoms with Crippen LogP contribution in [0.4, 0.5) is 0 Å². The van der Waals surface area contributed by atoms with Crippen molar-refractivity contribution in [3.63, 3.8) is 0 Å². The molecule has 1 aromatic carbocycles. The molecule has 14 heavy (non-hydrogen) atoms. The van der Waals surface area contributed by atoms with Crippen molar-refractivity contribution in [1.29, 1.82) is 0 Å². The Bertz CT molecular complexity index is 449. The van der Waals surface area contributed by atoms with Gasteiger partial charge in [-0.25, -0.2) is 0 Å². The molecule has 1 N–H and O–H groups in total. The van der Waals surface area contributed by atoms with Gasteiger partial charge in [0.05, 0.1) is 7.11 Å². The van der Waals surface area contributed by atoms with Crippen molar-refractivity contribution in [2.24, 2.45) is 0 Å². The molecule has 0 unspecified atom stereocenters. The van der Waals surface area contributed by atoms with Gasteiger partial charge in [0.25, 0.3) is 10.1 Å². The third-order valence-corrected chi connectivity index (χ3v) is 2.55. The molecule has 0 saturated carbocycles. The van der Waals surface area contributed by atoms with E-state index in [2.05, 4.69) is 0 Å². The lowest BCUT2D eigenvalue weighted by molar-refractivity contribution is 0.112. The molecule has 5 nitrogen and oxygen atoms in total. The van der Waals surface area contributed by atoms with Crippen LogP contribution in [0.15, 0.2) is 23.1 Å². The maximum atomic E-state index is 10.8. The standard InChI is InChI=1S/C8H8O5S/c1-13-7-2-3-8(14(10,11)12)6(4-7)5-9/h2-5H,1H3,(H,10,11,12). The van der Waals surface area contributed by atoms with Crippen LogP contribution in [-0.2, 0) is 10.1 Å². The van der Waals surface area contributed by atoms with E-state index < -0.39 is 15.0 Å². The summed E-state index contributed by atoms with van der Waals surface area (Å²) >= 11 is 0. The van der Waals surface area contributed by atoms with E-state index in [4.69, 9.17) is 9.29 Å². The van der Waals surface area contributed by atoms with Crippen LogP contribution in [0.5, 0.6) is 5.75 Å². The van der Waals surface area contributed by atoms with Crippen LogP contribution in [-0.4, -0.2) is 26.4 Å².